The van der Waals surface area contributed by atoms with Crippen molar-refractivity contribution in [1.82, 2.24) is 4.90 Å². The first kappa shape index (κ1) is 12.4. The van der Waals surface area contributed by atoms with E-state index in [1.165, 1.54) is 18.9 Å². The van der Waals surface area contributed by atoms with Crippen molar-refractivity contribution in [2.45, 2.75) is 13.8 Å². The Balaban J connectivity index is 4.27. The fraction of sp³-hybridized carbons (Fsp3) is 0.667. The molecule has 0 aromatic carbocycles. The molecule has 14 heavy (non-hydrogen) atoms. The van der Waals surface area contributed by atoms with Crippen LogP contribution in [0.2, 0.25) is 0 Å². The summed E-state index contributed by atoms with van der Waals surface area (Å²) in [7, 11) is 1.50. The number of aliphatic carboxylic acids is 1. The maximum Gasteiger partial charge on any atom is 0.315 e. The average molecular weight is 198 g/mol. The van der Waals surface area contributed by atoms with Crippen molar-refractivity contribution in [2.24, 2.45) is 11.8 Å². The van der Waals surface area contributed by atoms with E-state index in [-0.39, 0.29) is 12.5 Å². The van der Waals surface area contributed by atoms with Gasteiger partial charge in [-0.3, -0.25) is 9.59 Å². The molecular weight excluding hydrogens is 184 g/mol. The van der Waals surface area contributed by atoms with Crippen LogP contribution < -0.4 is 0 Å². The molecule has 0 spiro atoms. The second-order valence-electron chi connectivity index (χ2n) is 3.31. The molecule has 1 N–H and O–H groups in total. The molecule has 0 fully saturated rings. The van der Waals surface area contributed by atoms with Gasteiger partial charge in [0.25, 0.3) is 0 Å². The fourth-order valence-electron chi connectivity index (χ4n) is 0.978. The zero-order valence-electron chi connectivity index (χ0n) is 8.52. The van der Waals surface area contributed by atoms with Crippen LogP contribution in [0, 0.1) is 23.2 Å². The van der Waals surface area contributed by atoms with Crippen molar-refractivity contribution in [3.63, 3.8) is 0 Å². The van der Waals surface area contributed by atoms with Gasteiger partial charge in [0, 0.05) is 13.6 Å². The maximum absolute atomic E-state index is 11.4. The molecule has 0 saturated carbocycles. The topological polar surface area (TPSA) is 81.4 Å². The largest absolute Gasteiger partial charge is 0.481 e. The molecule has 0 rings (SSSR count). The molecule has 2 unspecified atom stereocenters. The predicted octanol–water partition coefficient (Wildman–Crippen LogP) is 0.325. The number of hydrogen-bond acceptors (Lipinski definition) is 3. The number of carbonyl (C=O) groups is 2. The molecular formula is C9H14N2O3. The Morgan fingerprint density at radius 1 is 1.50 bits per heavy atom. The molecule has 1 amide bonds. The zero-order chi connectivity index (χ0) is 11.3. The summed E-state index contributed by atoms with van der Waals surface area (Å²) in [6.07, 6.45) is 0. The number of carbonyl (C=O) groups excluding carboxylic acids is 1. The highest BCUT2D eigenvalue weighted by Crippen LogP contribution is 2.03. The summed E-state index contributed by atoms with van der Waals surface area (Å²) < 4.78 is 0. The Kier molecular flexibility index (Phi) is 4.64. The lowest BCUT2D eigenvalue weighted by Crippen LogP contribution is -2.37. The van der Waals surface area contributed by atoms with Crippen LogP contribution in [0.15, 0.2) is 0 Å². The summed E-state index contributed by atoms with van der Waals surface area (Å²) in [4.78, 5) is 23.1. The molecule has 0 saturated heterocycles. The smallest absolute Gasteiger partial charge is 0.315 e. The average Bonchev–Trinajstić information content (AvgIpc) is 2.14. The SMILES string of the molecule is CC(C#N)CN(C)C(=O)C(C)C(=O)O. The molecule has 0 aromatic rings. The minimum Gasteiger partial charge on any atom is -0.481 e. The highest BCUT2D eigenvalue weighted by atomic mass is 16.4. The van der Waals surface area contributed by atoms with Gasteiger partial charge in [-0.05, 0) is 13.8 Å². The van der Waals surface area contributed by atoms with Crippen LogP contribution in [-0.4, -0.2) is 35.5 Å². The van der Waals surface area contributed by atoms with Crippen molar-refractivity contribution >= 4 is 11.9 Å². The van der Waals surface area contributed by atoms with Crippen LogP contribution in [0.4, 0.5) is 0 Å². The molecule has 0 aromatic heterocycles. The van der Waals surface area contributed by atoms with Gasteiger partial charge in [0.15, 0.2) is 0 Å². The molecule has 78 valence electrons. The molecule has 0 bridgehead atoms. The Morgan fingerprint density at radius 3 is 2.36 bits per heavy atom. The minimum atomic E-state index is -1.15. The lowest BCUT2D eigenvalue weighted by Gasteiger charge is -2.20. The number of carboxylic acid groups (broad SMARTS) is 1. The molecule has 5 nitrogen and oxygen atoms in total. The molecule has 0 heterocycles. The maximum atomic E-state index is 11.4. The van der Waals surface area contributed by atoms with Crippen molar-refractivity contribution in [2.75, 3.05) is 13.6 Å². The number of nitriles is 1. The van der Waals surface area contributed by atoms with E-state index in [1.54, 1.807) is 6.92 Å². The van der Waals surface area contributed by atoms with Crippen molar-refractivity contribution in [3.8, 4) is 6.07 Å². The first-order valence-electron chi connectivity index (χ1n) is 4.27. The van der Waals surface area contributed by atoms with E-state index in [0.29, 0.717) is 0 Å². The summed E-state index contributed by atoms with van der Waals surface area (Å²) >= 11 is 0. The fourth-order valence-corrected chi connectivity index (χ4v) is 0.978. The number of nitrogens with zero attached hydrogens (tertiary/aromatic N) is 2. The second-order valence-corrected chi connectivity index (χ2v) is 3.31. The summed E-state index contributed by atoms with van der Waals surface area (Å²) in [5.41, 5.74) is 0. The summed E-state index contributed by atoms with van der Waals surface area (Å²) in [6, 6.07) is 1.98. The van der Waals surface area contributed by atoms with Gasteiger partial charge in [0.2, 0.25) is 5.91 Å². The molecule has 2 atom stereocenters. The van der Waals surface area contributed by atoms with Gasteiger partial charge in [0.1, 0.15) is 5.92 Å². The van der Waals surface area contributed by atoms with E-state index >= 15 is 0 Å². The lowest BCUT2D eigenvalue weighted by atomic mass is 10.1. The van der Waals surface area contributed by atoms with Gasteiger partial charge in [0.05, 0.1) is 12.0 Å². The molecule has 0 aliphatic rings. The standard InChI is InChI=1S/C9H14N2O3/c1-6(4-10)5-11(3)8(12)7(2)9(13)14/h6-7H,5H2,1-3H3,(H,13,14). The molecule has 0 aliphatic carbocycles. The highest BCUT2D eigenvalue weighted by molar-refractivity contribution is 5.96. The van der Waals surface area contributed by atoms with E-state index in [1.807, 2.05) is 6.07 Å². The van der Waals surface area contributed by atoms with Gasteiger partial charge in [-0.25, -0.2) is 0 Å². The summed E-state index contributed by atoms with van der Waals surface area (Å²) in [5.74, 6) is -2.96. The van der Waals surface area contributed by atoms with Gasteiger partial charge in [-0.2, -0.15) is 5.26 Å². The van der Waals surface area contributed by atoms with Crippen LogP contribution in [0.3, 0.4) is 0 Å². The number of carboxylic acids is 1. The van der Waals surface area contributed by atoms with E-state index in [2.05, 4.69) is 0 Å². The molecule has 0 aliphatic heterocycles. The molecule has 0 radical (unpaired) electrons. The Morgan fingerprint density at radius 2 is 2.00 bits per heavy atom. The van der Waals surface area contributed by atoms with Crippen LogP contribution in [-0.2, 0) is 9.59 Å². The first-order valence-corrected chi connectivity index (χ1v) is 4.27. The van der Waals surface area contributed by atoms with Gasteiger partial charge < -0.3 is 10.0 Å². The third kappa shape index (κ3) is 3.44. The predicted molar refractivity (Wildman–Crippen MR) is 49.2 cm³/mol. The Labute approximate surface area is 82.9 Å². The quantitative estimate of drug-likeness (QED) is 0.660. The Hall–Kier alpha value is -1.57. The number of hydrogen-bond donors (Lipinski definition) is 1. The van der Waals surface area contributed by atoms with E-state index in [9.17, 15) is 9.59 Å². The minimum absolute atomic E-state index is 0.257. The van der Waals surface area contributed by atoms with Crippen LogP contribution in [0.1, 0.15) is 13.8 Å². The highest BCUT2D eigenvalue weighted by Gasteiger charge is 2.24. The van der Waals surface area contributed by atoms with Crippen molar-refractivity contribution < 1.29 is 14.7 Å². The zero-order valence-corrected chi connectivity index (χ0v) is 8.52. The van der Waals surface area contributed by atoms with E-state index < -0.39 is 17.8 Å². The van der Waals surface area contributed by atoms with Crippen molar-refractivity contribution in [3.05, 3.63) is 0 Å². The first-order chi connectivity index (χ1) is 6.40. The lowest BCUT2D eigenvalue weighted by molar-refractivity contribution is -0.149. The van der Waals surface area contributed by atoms with E-state index in [0.717, 1.165) is 0 Å². The number of amides is 1. The second kappa shape index (κ2) is 5.22. The summed E-state index contributed by atoms with van der Waals surface area (Å²) in [6.45, 7) is 3.26. The Bertz CT molecular complexity index is 270. The van der Waals surface area contributed by atoms with Gasteiger partial charge in [-0.1, -0.05) is 0 Å². The molecule has 5 heteroatoms. The monoisotopic (exact) mass is 198 g/mol. The number of rotatable bonds is 4. The van der Waals surface area contributed by atoms with Crippen LogP contribution in [0.25, 0.3) is 0 Å². The van der Waals surface area contributed by atoms with Crippen LogP contribution in [0.5, 0.6) is 0 Å². The van der Waals surface area contributed by atoms with Gasteiger partial charge >= 0.3 is 5.97 Å². The van der Waals surface area contributed by atoms with Crippen LogP contribution >= 0.6 is 0 Å². The van der Waals surface area contributed by atoms with E-state index in [4.69, 9.17) is 10.4 Å². The third-order valence-electron chi connectivity index (χ3n) is 1.89. The normalized spacial score (nSPS) is 13.9. The third-order valence-corrected chi connectivity index (χ3v) is 1.89. The van der Waals surface area contributed by atoms with Gasteiger partial charge in [-0.15, -0.1) is 0 Å². The van der Waals surface area contributed by atoms with Crippen molar-refractivity contribution in [1.29, 1.82) is 5.26 Å². The summed E-state index contributed by atoms with van der Waals surface area (Å²) in [5, 5.41) is 17.1.